The Labute approximate surface area is 153 Å². The van der Waals surface area contributed by atoms with Crippen molar-refractivity contribution in [3.63, 3.8) is 0 Å². The first kappa shape index (κ1) is 20.2. The molecule has 0 atom stereocenters. The van der Waals surface area contributed by atoms with E-state index < -0.39 is 27.5 Å². The predicted octanol–water partition coefficient (Wildman–Crippen LogP) is 4.19. The first-order chi connectivity index (χ1) is 12.1. The van der Waals surface area contributed by atoms with Crippen molar-refractivity contribution in [3.05, 3.63) is 53.1 Å². The molecule has 0 unspecified atom stereocenters. The van der Waals surface area contributed by atoms with E-state index in [0.29, 0.717) is 17.6 Å². The van der Waals surface area contributed by atoms with Crippen LogP contribution in [-0.4, -0.2) is 27.9 Å². The van der Waals surface area contributed by atoms with E-state index in [2.05, 4.69) is 0 Å². The standard InChI is InChI=1S/C16H15ClF3NO4S/c1-24-12-3-5-13(6-4-12)25-8-9-26(22,23)21-15-10-11(16(18,19)20)2-7-14(15)17/h2-7,10,21H,8-9H2,1H3. The molecule has 1 N–H and O–H groups in total. The second-order valence-corrected chi connectivity index (χ2v) is 7.39. The van der Waals surface area contributed by atoms with Gasteiger partial charge in [-0.15, -0.1) is 0 Å². The molecule has 0 aromatic heterocycles. The van der Waals surface area contributed by atoms with E-state index in [4.69, 9.17) is 21.1 Å². The first-order valence-electron chi connectivity index (χ1n) is 7.25. The van der Waals surface area contributed by atoms with E-state index in [1.807, 2.05) is 4.72 Å². The molecule has 0 aliphatic heterocycles. The van der Waals surface area contributed by atoms with Crippen LogP contribution in [-0.2, 0) is 16.2 Å². The Hall–Kier alpha value is -2.13. The minimum absolute atomic E-state index is 0.141. The zero-order chi connectivity index (χ0) is 19.4. The summed E-state index contributed by atoms with van der Waals surface area (Å²) < 4.78 is 74.6. The fourth-order valence-corrected chi connectivity index (χ4v) is 3.07. The lowest BCUT2D eigenvalue weighted by Gasteiger charge is -2.13. The first-order valence-corrected chi connectivity index (χ1v) is 9.28. The molecular formula is C16H15ClF3NO4S. The van der Waals surface area contributed by atoms with Crippen molar-refractivity contribution >= 4 is 27.3 Å². The molecule has 2 aromatic carbocycles. The number of benzene rings is 2. The van der Waals surface area contributed by atoms with Gasteiger partial charge in [0.05, 0.1) is 23.4 Å². The van der Waals surface area contributed by atoms with Gasteiger partial charge < -0.3 is 9.47 Å². The Kier molecular flexibility index (Phi) is 6.25. The number of hydrogen-bond acceptors (Lipinski definition) is 4. The number of methoxy groups -OCH3 is 1. The third-order valence-corrected chi connectivity index (χ3v) is 4.80. The molecule has 0 saturated carbocycles. The predicted molar refractivity (Wildman–Crippen MR) is 92.4 cm³/mol. The summed E-state index contributed by atoms with van der Waals surface area (Å²) in [4.78, 5) is 0. The third kappa shape index (κ3) is 5.70. The van der Waals surface area contributed by atoms with Gasteiger partial charge in [0, 0.05) is 0 Å². The lowest BCUT2D eigenvalue weighted by Crippen LogP contribution is -2.21. The van der Waals surface area contributed by atoms with Gasteiger partial charge in [-0.25, -0.2) is 8.42 Å². The molecule has 0 radical (unpaired) electrons. The summed E-state index contributed by atoms with van der Waals surface area (Å²) in [7, 11) is -2.45. The Morgan fingerprint density at radius 3 is 2.27 bits per heavy atom. The molecule has 5 nitrogen and oxygen atoms in total. The number of halogens is 4. The van der Waals surface area contributed by atoms with Crippen molar-refractivity contribution < 1.29 is 31.1 Å². The Morgan fingerprint density at radius 2 is 1.69 bits per heavy atom. The summed E-state index contributed by atoms with van der Waals surface area (Å²) >= 11 is 5.77. The molecule has 26 heavy (non-hydrogen) atoms. The van der Waals surface area contributed by atoms with Crippen LogP contribution in [0.2, 0.25) is 5.02 Å². The maximum absolute atomic E-state index is 12.7. The Morgan fingerprint density at radius 1 is 1.08 bits per heavy atom. The zero-order valence-electron chi connectivity index (χ0n) is 13.5. The SMILES string of the molecule is COc1ccc(OCCS(=O)(=O)Nc2cc(C(F)(F)F)ccc2Cl)cc1. The van der Waals surface area contributed by atoms with Gasteiger partial charge in [0.2, 0.25) is 10.0 Å². The van der Waals surface area contributed by atoms with Crippen LogP contribution in [0.1, 0.15) is 5.56 Å². The smallest absolute Gasteiger partial charge is 0.416 e. The summed E-state index contributed by atoms with van der Waals surface area (Å²) in [6.07, 6.45) is -4.61. The van der Waals surface area contributed by atoms with Crippen LogP contribution in [0.4, 0.5) is 18.9 Å². The summed E-state index contributed by atoms with van der Waals surface area (Å²) in [6, 6.07) is 8.88. The average molecular weight is 410 g/mol. The second kappa shape index (κ2) is 8.05. The number of anilines is 1. The van der Waals surface area contributed by atoms with Crippen LogP contribution in [0, 0.1) is 0 Å². The zero-order valence-corrected chi connectivity index (χ0v) is 15.1. The molecule has 0 amide bonds. The summed E-state index contributed by atoms with van der Waals surface area (Å²) in [6.45, 7) is -0.196. The number of rotatable bonds is 7. The topological polar surface area (TPSA) is 64.6 Å². The monoisotopic (exact) mass is 409 g/mol. The van der Waals surface area contributed by atoms with Crippen molar-refractivity contribution in [1.82, 2.24) is 0 Å². The fraction of sp³-hybridized carbons (Fsp3) is 0.250. The molecule has 2 rings (SSSR count). The Balaban J connectivity index is 2.00. The van der Waals surface area contributed by atoms with Crippen LogP contribution < -0.4 is 14.2 Å². The van der Waals surface area contributed by atoms with Gasteiger partial charge in [-0.1, -0.05) is 11.6 Å². The van der Waals surface area contributed by atoms with Gasteiger partial charge in [-0.3, -0.25) is 4.72 Å². The summed E-state index contributed by atoms with van der Waals surface area (Å²) in [5.74, 6) is 0.579. The highest BCUT2D eigenvalue weighted by molar-refractivity contribution is 7.92. The van der Waals surface area contributed by atoms with Crippen molar-refractivity contribution in [3.8, 4) is 11.5 Å². The molecule has 2 aromatic rings. The molecule has 142 valence electrons. The van der Waals surface area contributed by atoms with E-state index in [0.717, 1.165) is 12.1 Å². The molecule has 0 spiro atoms. The largest absolute Gasteiger partial charge is 0.497 e. The maximum atomic E-state index is 12.7. The molecule has 10 heteroatoms. The van der Waals surface area contributed by atoms with E-state index in [9.17, 15) is 21.6 Å². The van der Waals surface area contributed by atoms with Crippen LogP contribution in [0.25, 0.3) is 0 Å². The van der Waals surface area contributed by atoms with Crippen LogP contribution in [0.3, 0.4) is 0 Å². The van der Waals surface area contributed by atoms with Gasteiger partial charge in [-0.2, -0.15) is 13.2 Å². The average Bonchev–Trinajstić information content (AvgIpc) is 2.56. The molecule has 0 saturated heterocycles. The molecule has 0 aliphatic rings. The fourth-order valence-electron chi connectivity index (χ4n) is 1.94. The Bertz CT molecular complexity index is 855. The third-order valence-electron chi connectivity index (χ3n) is 3.24. The quantitative estimate of drug-likeness (QED) is 0.744. The second-order valence-electron chi connectivity index (χ2n) is 5.14. The normalized spacial score (nSPS) is 11.9. The van der Waals surface area contributed by atoms with Crippen molar-refractivity contribution in [2.75, 3.05) is 24.2 Å². The van der Waals surface area contributed by atoms with Crippen LogP contribution in [0.15, 0.2) is 42.5 Å². The molecule has 0 bridgehead atoms. The highest BCUT2D eigenvalue weighted by Crippen LogP contribution is 2.34. The highest BCUT2D eigenvalue weighted by Gasteiger charge is 2.31. The molecule has 0 aliphatic carbocycles. The van der Waals surface area contributed by atoms with Gasteiger partial charge >= 0.3 is 6.18 Å². The van der Waals surface area contributed by atoms with Gasteiger partial charge in [0.1, 0.15) is 23.9 Å². The minimum atomic E-state index is -4.61. The van der Waals surface area contributed by atoms with Crippen molar-refractivity contribution in [2.24, 2.45) is 0 Å². The van der Waals surface area contributed by atoms with Crippen molar-refractivity contribution in [2.45, 2.75) is 6.18 Å². The molecule has 0 fully saturated rings. The van der Waals surface area contributed by atoms with E-state index in [1.54, 1.807) is 24.3 Å². The summed E-state index contributed by atoms with van der Waals surface area (Å²) in [5, 5.41) is -0.141. The van der Waals surface area contributed by atoms with E-state index >= 15 is 0 Å². The van der Waals surface area contributed by atoms with Crippen LogP contribution in [0.5, 0.6) is 11.5 Å². The minimum Gasteiger partial charge on any atom is -0.497 e. The number of hydrogen-bond donors (Lipinski definition) is 1. The van der Waals surface area contributed by atoms with E-state index in [-0.39, 0.29) is 17.3 Å². The lowest BCUT2D eigenvalue weighted by atomic mass is 10.2. The van der Waals surface area contributed by atoms with Gasteiger partial charge in [0.15, 0.2) is 0 Å². The number of alkyl halides is 3. The molecule has 0 heterocycles. The molecular weight excluding hydrogens is 395 g/mol. The highest BCUT2D eigenvalue weighted by atomic mass is 35.5. The number of sulfonamides is 1. The maximum Gasteiger partial charge on any atom is 0.416 e. The van der Waals surface area contributed by atoms with Gasteiger partial charge in [-0.05, 0) is 42.5 Å². The summed E-state index contributed by atoms with van der Waals surface area (Å²) in [5.41, 5.74) is -1.35. The van der Waals surface area contributed by atoms with E-state index in [1.165, 1.54) is 7.11 Å². The van der Waals surface area contributed by atoms with Gasteiger partial charge in [0.25, 0.3) is 0 Å². The number of nitrogens with one attached hydrogen (secondary N) is 1. The van der Waals surface area contributed by atoms with Crippen molar-refractivity contribution in [1.29, 1.82) is 0 Å². The lowest BCUT2D eigenvalue weighted by molar-refractivity contribution is -0.137. The van der Waals surface area contributed by atoms with Crippen LogP contribution >= 0.6 is 11.6 Å². The number of ether oxygens (including phenoxy) is 2.